The minimum absolute atomic E-state index is 0.00860. The molecular weight excluding hydrogens is 364 g/mol. The lowest BCUT2D eigenvalue weighted by atomic mass is 10.2. The molecule has 0 aliphatic carbocycles. The Bertz CT molecular complexity index is 797. The highest BCUT2D eigenvalue weighted by Crippen LogP contribution is 2.27. The number of ether oxygens (including phenoxy) is 1. The van der Waals surface area contributed by atoms with Crippen LogP contribution >= 0.6 is 11.6 Å². The topological polar surface area (TPSA) is 53.0 Å². The number of aromatic hydroxyl groups is 1. The van der Waals surface area contributed by atoms with E-state index in [1.165, 1.54) is 0 Å². The van der Waals surface area contributed by atoms with E-state index in [9.17, 15) is 9.90 Å². The van der Waals surface area contributed by atoms with Crippen molar-refractivity contribution in [3.05, 3.63) is 58.6 Å². The fourth-order valence-corrected chi connectivity index (χ4v) is 3.54. The molecule has 144 valence electrons. The summed E-state index contributed by atoms with van der Waals surface area (Å²) >= 11 is 6.18. The monoisotopic (exact) mass is 388 g/mol. The molecule has 1 aliphatic heterocycles. The zero-order valence-corrected chi connectivity index (χ0v) is 16.3. The van der Waals surface area contributed by atoms with E-state index in [0.29, 0.717) is 29.5 Å². The second kappa shape index (κ2) is 9.11. The van der Waals surface area contributed by atoms with E-state index in [1.54, 1.807) is 18.2 Å². The van der Waals surface area contributed by atoms with Crippen molar-refractivity contribution in [2.75, 3.05) is 32.8 Å². The highest BCUT2D eigenvalue weighted by atomic mass is 35.5. The van der Waals surface area contributed by atoms with Crippen LogP contribution in [0, 0.1) is 0 Å². The summed E-state index contributed by atoms with van der Waals surface area (Å²) in [7, 11) is 0. The van der Waals surface area contributed by atoms with Crippen molar-refractivity contribution >= 4 is 17.5 Å². The lowest BCUT2D eigenvalue weighted by molar-refractivity contribution is 0.0761. The van der Waals surface area contributed by atoms with Crippen molar-refractivity contribution in [1.29, 1.82) is 0 Å². The van der Waals surface area contributed by atoms with Crippen molar-refractivity contribution < 1.29 is 14.6 Å². The van der Waals surface area contributed by atoms with Gasteiger partial charge in [-0.15, -0.1) is 0 Å². The quantitative estimate of drug-likeness (QED) is 0.846. The molecule has 2 aromatic carbocycles. The summed E-state index contributed by atoms with van der Waals surface area (Å²) in [5.41, 5.74) is 1.65. The standard InChI is InChI=1S/C21H25ClN2O3/c1-2-27-20-14-16(8-9-19(20)25)15-23-10-5-11-24(13-12-23)21(26)17-6-3-4-7-18(17)22/h3-4,6-9,14,25H,2,5,10-13,15H2,1H3. The molecule has 0 aromatic heterocycles. The Hall–Kier alpha value is -2.24. The second-order valence-electron chi connectivity index (χ2n) is 6.64. The molecule has 0 unspecified atom stereocenters. The van der Waals surface area contributed by atoms with Crippen LogP contribution in [0.5, 0.6) is 11.5 Å². The molecule has 0 radical (unpaired) electrons. The Morgan fingerprint density at radius 2 is 1.96 bits per heavy atom. The molecule has 0 atom stereocenters. The lowest BCUT2D eigenvalue weighted by Crippen LogP contribution is -2.35. The smallest absolute Gasteiger partial charge is 0.255 e. The van der Waals surface area contributed by atoms with Gasteiger partial charge in [-0.3, -0.25) is 9.69 Å². The van der Waals surface area contributed by atoms with Gasteiger partial charge in [0, 0.05) is 32.7 Å². The molecule has 0 bridgehead atoms. The third kappa shape index (κ3) is 4.93. The Balaban J connectivity index is 1.63. The first-order valence-corrected chi connectivity index (χ1v) is 9.67. The van der Waals surface area contributed by atoms with Gasteiger partial charge in [-0.05, 0) is 43.2 Å². The van der Waals surface area contributed by atoms with Crippen LogP contribution in [0.15, 0.2) is 42.5 Å². The summed E-state index contributed by atoms with van der Waals surface area (Å²) in [6.45, 7) is 6.26. The Labute approximate surface area is 165 Å². The van der Waals surface area contributed by atoms with Gasteiger partial charge in [0.25, 0.3) is 5.91 Å². The van der Waals surface area contributed by atoms with E-state index in [4.69, 9.17) is 16.3 Å². The third-order valence-corrected chi connectivity index (χ3v) is 5.04. The van der Waals surface area contributed by atoms with Gasteiger partial charge in [-0.1, -0.05) is 29.8 Å². The SMILES string of the molecule is CCOc1cc(CN2CCCN(C(=O)c3ccccc3Cl)CC2)ccc1O. The summed E-state index contributed by atoms with van der Waals surface area (Å²) in [6, 6.07) is 12.7. The molecule has 1 saturated heterocycles. The molecule has 1 fully saturated rings. The molecule has 5 nitrogen and oxygen atoms in total. The predicted octanol–water partition coefficient (Wildman–Crippen LogP) is 3.79. The maximum atomic E-state index is 12.8. The molecule has 1 heterocycles. The van der Waals surface area contributed by atoms with Gasteiger partial charge < -0.3 is 14.7 Å². The van der Waals surface area contributed by atoms with E-state index in [2.05, 4.69) is 4.90 Å². The van der Waals surface area contributed by atoms with Gasteiger partial charge in [0.1, 0.15) is 0 Å². The van der Waals surface area contributed by atoms with Crippen LogP contribution in [0.4, 0.5) is 0 Å². The first kappa shape index (κ1) is 19.5. The first-order chi connectivity index (χ1) is 13.1. The molecule has 1 amide bonds. The zero-order valence-electron chi connectivity index (χ0n) is 15.5. The summed E-state index contributed by atoms with van der Waals surface area (Å²) in [5.74, 6) is 0.666. The fraction of sp³-hybridized carbons (Fsp3) is 0.381. The number of phenols is 1. The fourth-order valence-electron chi connectivity index (χ4n) is 3.32. The molecule has 0 saturated carbocycles. The minimum atomic E-state index is -0.00860. The molecule has 0 spiro atoms. The number of hydrogen-bond donors (Lipinski definition) is 1. The minimum Gasteiger partial charge on any atom is -0.504 e. The molecule has 27 heavy (non-hydrogen) atoms. The average Bonchev–Trinajstić information content (AvgIpc) is 2.90. The Kier molecular flexibility index (Phi) is 6.58. The molecule has 2 aromatic rings. The summed E-state index contributed by atoms with van der Waals surface area (Å²) in [6.07, 6.45) is 0.909. The van der Waals surface area contributed by atoms with Crippen molar-refractivity contribution in [2.24, 2.45) is 0 Å². The largest absolute Gasteiger partial charge is 0.504 e. The van der Waals surface area contributed by atoms with E-state index in [1.807, 2.05) is 36.1 Å². The zero-order chi connectivity index (χ0) is 19.2. The van der Waals surface area contributed by atoms with Gasteiger partial charge in [0.2, 0.25) is 0 Å². The average molecular weight is 389 g/mol. The number of carbonyl (C=O) groups is 1. The second-order valence-corrected chi connectivity index (χ2v) is 7.04. The van der Waals surface area contributed by atoms with Crippen LogP contribution in [-0.4, -0.2) is 53.6 Å². The number of rotatable bonds is 5. The Morgan fingerprint density at radius 1 is 1.15 bits per heavy atom. The number of amides is 1. The predicted molar refractivity (Wildman–Crippen MR) is 107 cm³/mol. The van der Waals surface area contributed by atoms with Gasteiger partial charge in [-0.25, -0.2) is 0 Å². The molecule has 1 aliphatic rings. The van der Waals surface area contributed by atoms with Gasteiger partial charge in [0.15, 0.2) is 11.5 Å². The highest BCUT2D eigenvalue weighted by molar-refractivity contribution is 6.33. The van der Waals surface area contributed by atoms with Crippen molar-refractivity contribution in [1.82, 2.24) is 9.80 Å². The van der Waals surface area contributed by atoms with Crippen LogP contribution in [0.3, 0.4) is 0 Å². The number of carbonyl (C=O) groups excluding carboxylic acids is 1. The number of phenolic OH excluding ortho intramolecular Hbond substituents is 1. The van der Waals surface area contributed by atoms with Gasteiger partial charge in [0.05, 0.1) is 17.2 Å². The van der Waals surface area contributed by atoms with Crippen molar-refractivity contribution in [3.63, 3.8) is 0 Å². The van der Waals surface area contributed by atoms with E-state index in [0.717, 1.165) is 38.2 Å². The van der Waals surface area contributed by atoms with Gasteiger partial charge in [-0.2, -0.15) is 0 Å². The van der Waals surface area contributed by atoms with Gasteiger partial charge >= 0.3 is 0 Å². The molecule has 3 rings (SSSR count). The first-order valence-electron chi connectivity index (χ1n) is 9.29. The Morgan fingerprint density at radius 3 is 2.74 bits per heavy atom. The van der Waals surface area contributed by atoms with Crippen molar-refractivity contribution in [3.8, 4) is 11.5 Å². The van der Waals surface area contributed by atoms with Crippen LogP contribution in [0.25, 0.3) is 0 Å². The molecular formula is C21H25ClN2O3. The third-order valence-electron chi connectivity index (χ3n) is 4.71. The summed E-state index contributed by atoms with van der Waals surface area (Å²) in [4.78, 5) is 17.0. The molecule has 6 heteroatoms. The van der Waals surface area contributed by atoms with Crippen molar-refractivity contribution in [2.45, 2.75) is 19.9 Å². The highest BCUT2D eigenvalue weighted by Gasteiger charge is 2.22. The lowest BCUT2D eigenvalue weighted by Gasteiger charge is -2.22. The molecule has 1 N–H and O–H groups in total. The number of hydrogen-bond acceptors (Lipinski definition) is 4. The maximum absolute atomic E-state index is 12.8. The van der Waals surface area contributed by atoms with E-state index < -0.39 is 0 Å². The number of nitrogens with zero attached hydrogens (tertiary/aromatic N) is 2. The maximum Gasteiger partial charge on any atom is 0.255 e. The van der Waals surface area contributed by atoms with E-state index >= 15 is 0 Å². The number of benzene rings is 2. The van der Waals surface area contributed by atoms with Crippen LogP contribution < -0.4 is 4.74 Å². The van der Waals surface area contributed by atoms with E-state index in [-0.39, 0.29) is 11.7 Å². The summed E-state index contributed by atoms with van der Waals surface area (Å²) < 4.78 is 5.47. The number of halogens is 1. The summed E-state index contributed by atoms with van der Waals surface area (Å²) in [5, 5.41) is 10.3. The normalized spacial score (nSPS) is 15.4. The van der Waals surface area contributed by atoms with Crippen LogP contribution in [0.1, 0.15) is 29.3 Å². The van der Waals surface area contributed by atoms with Crippen LogP contribution in [0.2, 0.25) is 5.02 Å². The van der Waals surface area contributed by atoms with Crippen LogP contribution in [-0.2, 0) is 6.54 Å².